The molecule has 0 aliphatic carbocycles. The van der Waals surface area contributed by atoms with Crippen LogP contribution in [0.2, 0.25) is 0 Å². The highest BCUT2D eigenvalue weighted by Gasteiger charge is 2.05. The third-order valence-electron chi connectivity index (χ3n) is 3.00. The van der Waals surface area contributed by atoms with E-state index in [0.29, 0.717) is 11.1 Å². The van der Waals surface area contributed by atoms with Crippen LogP contribution in [0.5, 0.6) is 5.75 Å². The zero-order valence-electron chi connectivity index (χ0n) is 12.4. The van der Waals surface area contributed by atoms with Gasteiger partial charge in [-0.3, -0.25) is 9.59 Å². The fourth-order valence-corrected chi connectivity index (χ4v) is 1.81. The Labute approximate surface area is 133 Å². The highest BCUT2D eigenvalue weighted by molar-refractivity contribution is 5.94. The molecule has 0 fully saturated rings. The summed E-state index contributed by atoms with van der Waals surface area (Å²) >= 11 is 0. The topological polar surface area (TPSA) is 90.8 Å². The van der Waals surface area contributed by atoms with E-state index in [1.54, 1.807) is 42.5 Å². The van der Waals surface area contributed by atoms with Gasteiger partial charge in [0.25, 0.3) is 5.91 Å². The monoisotopic (exact) mass is 311 g/mol. The number of hydrogen-bond acceptors (Lipinski definition) is 4. The van der Waals surface area contributed by atoms with E-state index in [0.717, 1.165) is 0 Å². The Balaban J connectivity index is 1.71. The molecule has 0 saturated heterocycles. The SMILES string of the molecule is O=C(CCNC(=O)c1ccccc1)NN=Cc1ccccc1O. The lowest BCUT2D eigenvalue weighted by Gasteiger charge is -2.04. The maximum Gasteiger partial charge on any atom is 0.251 e. The quantitative estimate of drug-likeness (QED) is 0.560. The molecule has 6 heteroatoms. The van der Waals surface area contributed by atoms with Gasteiger partial charge in [-0.25, -0.2) is 5.43 Å². The lowest BCUT2D eigenvalue weighted by atomic mass is 10.2. The van der Waals surface area contributed by atoms with Crippen molar-refractivity contribution in [2.75, 3.05) is 6.54 Å². The molecule has 0 unspecified atom stereocenters. The van der Waals surface area contributed by atoms with Crippen molar-refractivity contribution >= 4 is 18.0 Å². The van der Waals surface area contributed by atoms with Crippen molar-refractivity contribution in [3.63, 3.8) is 0 Å². The summed E-state index contributed by atoms with van der Waals surface area (Å²) in [5.74, 6) is -0.471. The van der Waals surface area contributed by atoms with Crippen LogP contribution >= 0.6 is 0 Å². The van der Waals surface area contributed by atoms with Gasteiger partial charge in [0.1, 0.15) is 5.75 Å². The maximum atomic E-state index is 11.8. The van der Waals surface area contributed by atoms with Gasteiger partial charge in [-0.1, -0.05) is 30.3 Å². The van der Waals surface area contributed by atoms with Crippen LogP contribution in [0.25, 0.3) is 0 Å². The van der Waals surface area contributed by atoms with Crippen molar-refractivity contribution in [3.05, 3.63) is 65.7 Å². The lowest BCUT2D eigenvalue weighted by molar-refractivity contribution is -0.120. The molecule has 2 aromatic rings. The first-order valence-electron chi connectivity index (χ1n) is 7.10. The normalized spacial score (nSPS) is 10.4. The maximum absolute atomic E-state index is 11.8. The highest BCUT2D eigenvalue weighted by atomic mass is 16.3. The number of para-hydroxylation sites is 1. The van der Waals surface area contributed by atoms with E-state index in [4.69, 9.17) is 0 Å². The number of carbonyl (C=O) groups excluding carboxylic acids is 2. The van der Waals surface area contributed by atoms with E-state index in [9.17, 15) is 14.7 Å². The summed E-state index contributed by atoms with van der Waals surface area (Å²) in [6, 6.07) is 15.4. The van der Waals surface area contributed by atoms with E-state index in [2.05, 4.69) is 15.8 Å². The van der Waals surface area contributed by atoms with E-state index in [1.165, 1.54) is 12.3 Å². The van der Waals surface area contributed by atoms with E-state index < -0.39 is 0 Å². The van der Waals surface area contributed by atoms with Crippen molar-refractivity contribution in [1.82, 2.24) is 10.7 Å². The summed E-state index contributed by atoms with van der Waals surface area (Å²) in [5, 5.41) is 16.0. The van der Waals surface area contributed by atoms with Crippen LogP contribution < -0.4 is 10.7 Å². The highest BCUT2D eigenvalue weighted by Crippen LogP contribution is 2.12. The molecule has 2 aromatic carbocycles. The molecule has 0 atom stereocenters. The van der Waals surface area contributed by atoms with Gasteiger partial charge in [0.2, 0.25) is 5.91 Å². The van der Waals surface area contributed by atoms with Gasteiger partial charge in [-0.15, -0.1) is 0 Å². The molecule has 2 rings (SSSR count). The number of hydrogen-bond donors (Lipinski definition) is 3. The molecular formula is C17H17N3O3. The molecule has 0 aliphatic rings. The molecule has 2 amide bonds. The standard InChI is InChI=1S/C17H17N3O3/c21-15-9-5-4-8-14(15)12-19-20-16(22)10-11-18-17(23)13-6-2-1-3-7-13/h1-9,12,21H,10-11H2,(H,18,23)(H,20,22). The summed E-state index contributed by atoms with van der Waals surface area (Å²) in [7, 11) is 0. The fraction of sp³-hybridized carbons (Fsp3) is 0.118. The zero-order chi connectivity index (χ0) is 16.5. The molecular weight excluding hydrogens is 294 g/mol. The molecule has 0 aliphatic heterocycles. The molecule has 0 aromatic heterocycles. The number of carbonyl (C=O) groups is 2. The van der Waals surface area contributed by atoms with Crippen molar-refractivity contribution in [2.45, 2.75) is 6.42 Å². The van der Waals surface area contributed by atoms with Crippen LogP contribution in [0.4, 0.5) is 0 Å². The largest absolute Gasteiger partial charge is 0.507 e. The first-order chi connectivity index (χ1) is 11.2. The summed E-state index contributed by atoms with van der Waals surface area (Å²) in [6.07, 6.45) is 1.46. The third-order valence-corrected chi connectivity index (χ3v) is 3.00. The van der Waals surface area contributed by atoms with Crippen LogP contribution in [0.1, 0.15) is 22.3 Å². The first-order valence-corrected chi connectivity index (χ1v) is 7.10. The summed E-state index contributed by atoms with van der Waals surface area (Å²) in [4.78, 5) is 23.4. The predicted octanol–water partition coefficient (Wildman–Crippen LogP) is 1.66. The Morgan fingerprint density at radius 2 is 1.74 bits per heavy atom. The number of nitrogens with one attached hydrogen (secondary N) is 2. The number of aromatic hydroxyl groups is 1. The van der Waals surface area contributed by atoms with Gasteiger partial charge in [-0.05, 0) is 24.3 Å². The average Bonchev–Trinajstić information content (AvgIpc) is 2.57. The number of phenolic OH excluding ortho intramolecular Hbond substituents is 1. The van der Waals surface area contributed by atoms with E-state index in [-0.39, 0.29) is 30.5 Å². The Bertz CT molecular complexity index is 699. The zero-order valence-corrected chi connectivity index (χ0v) is 12.4. The first kappa shape index (κ1) is 16.2. The molecule has 3 N–H and O–H groups in total. The number of hydrazone groups is 1. The van der Waals surface area contributed by atoms with Gasteiger partial charge in [-0.2, -0.15) is 5.10 Å². The van der Waals surface area contributed by atoms with Crippen LogP contribution in [0, 0.1) is 0 Å². The Morgan fingerprint density at radius 1 is 1.04 bits per heavy atom. The van der Waals surface area contributed by atoms with Crippen molar-refractivity contribution < 1.29 is 14.7 Å². The lowest BCUT2D eigenvalue weighted by Crippen LogP contribution is -2.28. The molecule has 0 heterocycles. The van der Waals surface area contributed by atoms with E-state index >= 15 is 0 Å². The minimum Gasteiger partial charge on any atom is -0.507 e. The van der Waals surface area contributed by atoms with Crippen LogP contribution in [0.3, 0.4) is 0 Å². The van der Waals surface area contributed by atoms with Crippen molar-refractivity contribution in [2.24, 2.45) is 5.10 Å². The van der Waals surface area contributed by atoms with Gasteiger partial charge in [0.05, 0.1) is 6.21 Å². The number of amides is 2. The minimum absolute atomic E-state index is 0.0839. The van der Waals surface area contributed by atoms with E-state index in [1.807, 2.05) is 6.07 Å². The minimum atomic E-state index is -0.329. The number of benzene rings is 2. The second-order valence-electron chi connectivity index (χ2n) is 4.72. The molecule has 6 nitrogen and oxygen atoms in total. The molecule has 0 radical (unpaired) electrons. The van der Waals surface area contributed by atoms with Gasteiger partial charge < -0.3 is 10.4 Å². The number of rotatable bonds is 6. The average molecular weight is 311 g/mol. The van der Waals surface area contributed by atoms with Gasteiger partial charge in [0, 0.05) is 24.1 Å². The Hall–Kier alpha value is -3.15. The van der Waals surface area contributed by atoms with Crippen LogP contribution in [-0.4, -0.2) is 29.7 Å². The van der Waals surface area contributed by atoms with Crippen molar-refractivity contribution in [1.29, 1.82) is 0 Å². The number of phenols is 1. The van der Waals surface area contributed by atoms with Gasteiger partial charge >= 0.3 is 0 Å². The third kappa shape index (κ3) is 5.28. The number of nitrogens with zero attached hydrogens (tertiary/aromatic N) is 1. The summed E-state index contributed by atoms with van der Waals surface area (Å²) < 4.78 is 0. The Morgan fingerprint density at radius 3 is 2.48 bits per heavy atom. The van der Waals surface area contributed by atoms with Crippen molar-refractivity contribution in [3.8, 4) is 5.75 Å². The molecule has 0 saturated carbocycles. The van der Waals surface area contributed by atoms with Crippen LogP contribution in [0.15, 0.2) is 59.7 Å². The molecule has 0 spiro atoms. The molecule has 0 bridgehead atoms. The smallest absolute Gasteiger partial charge is 0.251 e. The summed E-state index contributed by atoms with van der Waals surface area (Å²) in [5.41, 5.74) is 3.39. The molecule has 23 heavy (non-hydrogen) atoms. The van der Waals surface area contributed by atoms with Crippen LogP contribution in [-0.2, 0) is 4.79 Å². The van der Waals surface area contributed by atoms with Gasteiger partial charge in [0.15, 0.2) is 0 Å². The molecule has 118 valence electrons. The second kappa shape index (κ2) is 8.33. The second-order valence-corrected chi connectivity index (χ2v) is 4.72. The fourth-order valence-electron chi connectivity index (χ4n) is 1.81. The summed E-state index contributed by atoms with van der Waals surface area (Å²) in [6.45, 7) is 0.214. The Kier molecular flexibility index (Phi) is 5.88. The predicted molar refractivity (Wildman–Crippen MR) is 87.2 cm³/mol.